The molecule has 0 aliphatic heterocycles. The lowest BCUT2D eigenvalue weighted by Crippen LogP contribution is -2.43. The molecule has 0 amide bonds. The number of aromatic nitrogens is 2. The van der Waals surface area contributed by atoms with Crippen molar-refractivity contribution in [3.05, 3.63) is 30.9 Å². The predicted molar refractivity (Wildman–Crippen MR) is 91.2 cm³/mol. The van der Waals surface area contributed by atoms with Gasteiger partial charge >= 0.3 is 0 Å². The fourth-order valence-electron chi connectivity index (χ4n) is 2.74. The first-order valence-electron chi connectivity index (χ1n) is 7.93. The van der Waals surface area contributed by atoms with Crippen LogP contribution in [0.25, 0.3) is 0 Å². The summed E-state index contributed by atoms with van der Waals surface area (Å²) in [4.78, 5) is 6.43. The summed E-state index contributed by atoms with van der Waals surface area (Å²) in [5, 5.41) is 4.20. The predicted octanol–water partition coefficient (Wildman–Crippen LogP) is 2.83. The highest BCUT2D eigenvalue weighted by molar-refractivity contribution is 7.80. The number of rotatable bonds is 7. The molecule has 0 fully saturated rings. The second-order valence-electron chi connectivity index (χ2n) is 5.59. The van der Waals surface area contributed by atoms with Gasteiger partial charge in [0.1, 0.15) is 0 Å². The van der Waals surface area contributed by atoms with E-state index < -0.39 is 0 Å². The zero-order valence-electron chi connectivity index (χ0n) is 12.9. The quantitative estimate of drug-likeness (QED) is 0.620. The average Bonchev–Trinajstić information content (AvgIpc) is 3.01. The van der Waals surface area contributed by atoms with Crippen molar-refractivity contribution in [2.45, 2.75) is 39.2 Å². The Bertz CT molecular complexity index is 441. The van der Waals surface area contributed by atoms with Gasteiger partial charge in [0.05, 0.1) is 6.33 Å². The standard InChI is InChI=1S/C16H26N4S/c1-2-18-16(21)20(13-15-7-4-3-5-8-15)11-6-10-19-12-9-17-14-19/h3-4,9,12,14-15H,2,5-8,10-11,13H2,1H3,(H,18,21). The number of imidazole rings is 1. The molecule has 2 rings (SSSR count). The molecule has 0 saturated heterocycles. The molecule has 116 valence electrons. The van der Waals surface area contributed by atoms with Gasteiger partial charge in [0, 0.05) is 38.6 Å². The molecule has 1 aromatic heterocycles. The first kappa shape index (κ1) is 16.0. The summed E-state index contributed by atoms with van der Waals surface area (Å²) in [6, 6.07) is 0. The normalized spacial score (nSPS) is 17.7. The van der Waals surface area contributed by atoms with Crippen molar-refractivity contribution in [1.29, 1.82) is 0 Å². The van der Waals surface area contributed by atoms with E-state index in [0.29, 0.717) is 0 Å². The lowest BCUT2D eigenvalue weighted by Gasteiger charge is -2.30. The van der Waals surface area contributed by atoms with Crippen LogP contribution in [0.4, 0.5) is 0 Å². The van der Waals surface area contributed by atoms with Crippen LogP contribution in [0.15, 0.2) is 30.9 Å². The van der Waals surface area contributed by atoms with Gasteiger partial charge in [-0.1, -0.05) is 12.2 Å². The maximum atomic E-state index is 5.53. The SMILES string of the molecule is CCNC(=S)N(CCCn1ccnc1)CC1CC=CCC1. The molecule has 0 saturated carbocycles. The van der Waals surface area contributed by atoms with Gasteiger partial charge < -0.3 is 14.8 Å². The van der Waals surface area contributed by atoms with Crippen molar-refractivity contribution >= 4 is 17.3 Å². The van der Waals surface area contributed by atoms with E-state index >= 15 is 0 Å². The largest absolute Gasteiger partial charge is 0.363 e. The maximum Gasteiger partial charge on any atom is 0.168 e. The number of hydrogen-bond acceptors (Lipinski definition) is 2. The molecule has 21 heavy (non-hydrogen) atoms. The molecule has 1 heterocycles. The lowest BCUT2D eigenvalue weighted by molar-refractivity contribution is 0.310. The Kier molecular flexibility index (Phi) is 6.73. The summed E-state index contributed by atoms with van der Waals surface area (Å²) in [5.74, 6) is 0.736. The first-order chi connectivity index (χ1) is 10.3. The Morgan fingerprint density at radius 2 is 2.38 bits per heavy atom. The van der Waals surface area contributed by atoms with Gasteiger partial charge in [-0.2, -0.15) is 0 Å². The monoisotopic (exact) mass is 306 g/mol. The fraction of sp³-hybridized carbons (Fsp3) is 0.625. The van der Waals surface area contributed by atoms with Gasteiger partial charge in [0.25, 0.3) is 0 Å². The molecule has 1 aromatic rings. The molecule has 0 aromatic carbocycles. The van der Waals surface area contributed by atoms with Crippen LogP contribution in [-0.4, -0.2) is 39.2 Å². The molecule has 0 bridgehead atoms. The van der Waals surface area contributed by atoms with E-state index in [4.69, 9.17) is 12.2 Å². The highest BCUT2D eigenvalue weighted by Gasteiger charge is 2.16. The molecule has 1 unspecified atom stereocenters. The molecule has 1 aliphatic carbocycles. The van der Waals surface area contributed by atoms with E-state index in [1.807, 2.05) is 18.7 Å². The van der Waals surface area contributed by atoms with Crippen molar-refractivity contribution in [1.82, 2.24) is 19.8 Å². The van der Waals surface area contributed by atoms with Crippen LogP contribution in [0, 0.1) is 5.92 Å². The molecular formula is C16H26N4S. The van der Waals surface area contributed by atoms with Crippen LogP contribution in [0.3, 0.4) is 0 Å². The minimum atomic E-state index is 0.736. The minimum Gasteiger partial charge on any atom is -0.363 e. The van der Waals surface area contributed by atoms with Crippen molar-refractivity contribution < 1.29 is 0 Å². The number of nitrogens with zero attached hydrogens (tertiary/aromatic N) is 3. The zero-order valence-corrected chi connectivity index (χ0v) is 13.7. The van der Waals surface area contributed by atoms with Crippen molar-refractivity contribution in [2.75, 3.05) is 19.6 Å². The Morgan fingerprint density at radius 3 is 3.05 bits per heavy atom. The van der Waals surface area contributed by atoms with Gasteiger partial charge in [-0.15, -0.1) is 0 Å². The van der Waals surface area contributed by atoms with E-state index in [0.717, 1.165) is 43.6 Å². The average molecular weight is 306 g/mol. The van der Waals surface area contributed by atoms with Crippen molar-refractivity contribution in [2.24, 2.45) is 5.92 Å². The number of thiocarbonyl (C=S) groups is 1. The van der Waals surface area contributed by atoms with Crippen LogP contribution >= 0.6 is 12.2 Å². The Morgan fingerprint density at radius 1 is 1.48 bits per heavy atom. The second-order valence-corrected chi connectivity index (χ2v) is 5.97. The van der Waals surface area contributed by atoms with E-state index in [1.165, 1.54) is 19.3 Å². The topological polar surface area (TPSA) is 33.1 Å². The summed E-state index contributed by atoms with van der Waals surface area (Å²) in [5.41, 5.74) is 0. The van der Waals surface area contributed by atoms with Gasteiger partial charge in [-0.25, -0.2) is 4.98 Å². The van der Waals surface area contributed by atoms with Crippen LogP contribution in [0.1, 0.15) is 32.6 Å². The molecule has 0 spiro atoms. The number of hydrogen-bond donors (Lipinski definition) is 1. The first-order valence-corrected chi connectivity index (χ1v) is 8.34. The van der Waals surface area contributed by atoms with Crippen molar-refractivity contribution in [3.8, 4) is 0 Å². The van der Waals surface area contributed by atoms with E-state index in [2.05, 4.69) is 38.8 Å². The molecular weight excluding hydrogens is 280 g/mol. The van der Waals surface area contributed by atoms with E-state index in [1.54, 1.807) is 0 Å². The third-order valence-corrected chi connectivity index (χ3v) is 4.28. The Balaban J connectivity index is 1.82. The molecule has 4 nitrogen and oxygen atoms in total. The Labute approximate surface area is 133 Å². The van der Waals surface area contributed by atoms with Crippen molar-refractivity contribution in [3.63, 3.8) is 0 Å². The number of aryl methyl sites for hydroxylation is 1. The van der Waals surface area contributed by atoms with Gasteiger partial charge in [0.2, 0.25) is 0 Å². The van der Waals surface area contributed by atoms with Gasteiger partial charge in [-0.3, -0.25) is 0 Å². The highest BCUT2D eigenvalue weighted by Crippen LogP contribution is 2.19. The summed E-state index contributed by atoms with van der Waals surface area (Å²) < 4.78 is 2.12. The summed E-state index contributed by atoms with van der Waals surface area (Å²) in [7, 11) is 0. The fourth-order valence-corrected chi connectivity index (χ4v) is 3.05. The van der Waals surface area contributed by atoms with Crippen LogP contribution in [-0.2, 0) is 6.54 Å². The summed E-state index contributed by atoms with van der Waals surface area (Å²) in [6.07, 6.45) is 15.1. The van der Waals surface area contributed by atoms with Gasteiger partial charge in [-0.05, 0) is 50.7 Å². The van der Waals surface area contributed by atoms with Gasteiger partial charge in [0.15, 0.2) is 5.11 Å². The molecule has 5 heteroatoms. The van der Waals surface area contributed by atoms with E-state index in [-0.39, 0.29) is 0 Å². The molecule has 1 atom stereocenters. The maximum absolute atomic E-state index is 5.53. The van der Waals surface area contributed by atoms with Crippen LogP contribution in [0.2, 0.25) is 0 Å². The number of nitrogens with one attached hydrogen (secondary N) is 1. The minimum absolute atomic E-state index is 0.736. The second kappa shape index (κ2) is 8.82. The summed E-state index contributed by atoms with van der Waals surface area (Å²) >= 11 is 5.53. The van der Waals surface area contributed by atoms with Crippen LogP contribution < -0.4 is 5.32 Å². The molecule has 1 aliphatic rings. The smallest absolute Gasteiger partial charge is 0.168 e. The molecule has 1 N–H and O–H groups in total. The lowest BCUT2D eigenvalue weighted by atomic mass is 9.94. The number of allylic oxidation sites excluding steroid dienone is 2. The Hall–Kier alpha value is -1.36. The third-order valence-electron chi connectivity index (χ3n) is 3.88. The van der Waals surface area contributed by atoms with Crippen LogP contribution in [0.5, 0.6) is 0 Å². The highest BCUT2D eigenvalue weighted by atomic mass is 32.1. The van der Waals surface area contributed by atoms with E-state index in [9.17, 15) is 0 Å². The zero-order chi connectivity index (χ0) is 14.9. The summed E-state index contributed by atoms with van der Waals surface area (Å²) in [6.45, 7) is 6.06. The molecule has 0 radical (unpaired) electrons. The third kappa shape index (κ3) is 5.50.